The number of carbonyl (C=O) groups excluding carboxylic acids is 1. The van der Waals surface area contributed by atoms with Gasteiger partial charge in [-0.3, -0.25) is 14.8 Å². The molecule has 150 valence electrons. The van der Waals surface area contributed by atoms with Crippen molar-refractivity contribution < 1.29 is 9.53 Å². The lowest BCUT2D eigenvalue weighted by Gasteiger charge is -2.22. The van der Waals surface area contributed by atoms with E-state index in [1.165, 1.54) is 5.56 Å². The first-order valence-electron chi connectivity index (χ1n) is 9.53. The Labute approximate surface area is 166 Å². The van der Waals surface area contributed by atoms with Gasteiger partial charge in [0.25, 0.3) is 5.91 Å². The van der Waals surface area contributed by atoms with Gasteiger partial charge >= 0.3 is 0 Å². The predicted octanol–water partition coefficient (Wildman–Crippen LogP) is 2.31. The van der Waals surface area contributed by atoms with Crippen molar-refractivity contribution in [3.8, 4) is 5.75 Å². The minimum atomic E-state index is -0.143. The summed E-state index contributed by atoms with van der Waals surface area (Å²) in [6.07, 6.45) is 3.19. The van der Waals surface area contributed by atoms with Crippen molar-refractivity contribution >= 4 is 11.9 Å². The van der Waals surface area contributed by atoms with E-state index in [2.05, 4.69) is 37.6 Å². The zero-order valence-corrected chi connectivity index (χ0v) is 16.8. The molecule has 2 N–H and O–H groups in total. The number of amides is 1. The Morgan fingerprint density at radius 2 is 1.96 bits per heavy atom. The lowest BCUT2D eigenvalue weighted by Crippen LogP contribution is -2.39. The number of hydrogen-bond donors (Lipinski definition) is 2. The van der Waals surface area contributed by atoms with E-state index in [0.29, 0.717) is 25.3 Å². The number of nitrogens with one attached hydrogen (secondary N) is 2. The average molecular weight is 383 g/mol. The molecule has 0 fully saturated rings. The van der Waals surface area contributed by atoms with E-state index >= 15 is 0 Å². The van der Waals surface area contributed by atoms with E-state index in [0.717, 1.165) is 24.8 Å². The first-order chi connectivity index (χ1) is 13.6. The Morgan fingerprint density at radius 3 is 2.61 bits per heavy atom. The Bertz CT molecular complexity index is 747. The second kappa shape index (κ2) is 11.6. The van der Waals surface area contributed by atoms with Crippen LogP contribution in [0.4, 0.5) is 0 Å². The second-order valence-electron chi connectivity index (χ2n) is 6.17. The number of benzene rings is 1. The number of pyridine rings is 1. The number of aliphatic imine (C=N–C) groups is 1. The van der Waals surface area contributed by atoms with Gasteiger partial charge in [-0.2, -0.15) is 0 Å². The molecule has 0 saturated carbocycles. The van der Waals surface area contributed by atoms with Crippen molar-refractivity contribution in [2.45, 2.75) is 20.4 Å². The number of guanidine groups is 1. The molecular formula is C21H29N5O2. The van der Waals surface area contributed by atoms with Crippen molar-refractivity contribution in [1.29, 1.82) is 0 Å². The van der Waals surface area contributed by atoms with Gasteiger partial charge < -0.3 is 20.3 Å². The van der Waals surface area contributed by atoms with Gasteiger partial charge in [0, 0.05) is 39.1 Å². The number of aromatic nitrogens is 1. The van der Waals surface area contributed by atoms with E-state index in [4.69, 9.17) is 4.74 Å². The summed E-state index contributed by atoms with van der Waals surface area (Å²) in [4.78, 5) is 22.6. The summed E-state index contributed by atoms with van der Waals surface area (Å²) in [5, 5.41) is 6.14. The molecule has 1 aromatic carbocycles. The van der Waals surface area contributed by atoms with Crippen LogP contribution in [0.2, 0.25) is 0 Å². The minimum absolute atomic E-state index is 0.143. The molecule has 1 aromatic heterocycles. The van der Waals surface area contributed by atoms with Crippen molar-refractivity contribution in [2.75, 3.05) is 33.3 Å². The molecule has 1 heterocycles. The van der Waals surface area contributed by atoms with Crippen LogP contribution in [0.15, 0.2) is 53.8 Å². The molecule has 0 aliphatic carbocycles. The van der Waals surface area contributed by atoms with E-state index in [-0.39, 0.29) is 5.91 Å². The highest BCUT2D eigenvalue weighted by Gasteiger charge is 2.07. The molecule has 0 saturated heterocycles. The van der Waals surface area contributed by atoms with E-state index < -0.39 is 0 Å². The number of ether oxygens (including phenoxy) is 1. The molecule has 0 aliphatic rings. The molecule has 0 aliphatic heterocycles. The summed E-state index contributed by atoms with van der Waals surface area (Å²) in [5.41, 5.74) is 1.72. The van der Waals surface area contributed by atoms with Gasteiger partial charge in [-0.25, -0.2) is 0 Å². The molecule has 0 unspecified atom stereocenters. The SMILES string of the molecule is CCNC(=NCCNC(=O)c1cccnc1)N(C)Cc1ccc(OCC)cc1. The van der Waals surface area contributed by atoms with Gasteiger partial charge in [-0.15, -0.1) is 0 Å². The maximum absolute atomic E-state index is 12.0. The lowest BCUT2D eigenvalue weighted by molar-refractivity contribution is 0.0954. The zero-order chi connectivity index (χ0) is 20.2. The molecule has 2 aromatic rings. The Kier molecular flexibility index (Phi) is 8.78. The third-order valence-electron chi connectivity index (χ3n) is 3.93. The van der Waals surface area contributed by atoms with Crippen LogP contribution in [0, 0.1) is 0 Å². The van der Waals surface area contributed by atoms with Crippen molar-refractivity contribution in [2.24, 2.45) is 4.99 Å². The molecule has 0 radical (unpaired) electrons. The highest BCUT2D eigenvalue weighted by molar-refractivity contribution is 5.93. The van der Waals surface area contributed by atoms with Crippen LogP contribution in [-0.4, -0.2) is 55.0 Å². The molecule has 28 heavy (non-hydrogen) atoms. The van der Waals surface area contributed by atoms with Crippen molar-refractivity contribution in [1.82, 2.24) is 20.5 Å². The van der Waals surface area contributed by atoms with Gasteiger partial charge in [-0.05, 0) is 43.7 Å². The largest absolute Gasteiger partial charge is 0.494 e. The van der Waals surface area contributed by atoms with Crippen LogP contribution in [0.5, 0.6) is 5.75 Å². The third-order valence-corrected chi connectivity index (χ3v) is 3.93. The first kappa shape index (κ1) is 21.2. The Hall–Kier alpha value is -3.09. The average Bonchev–Trinajstić information content (AvgIpc) is 2.72. The third kappa shape index (κ3) is 6.90. The van der Waals surface area contributed by atoms with Crippen LogP contribution >= 0.6 is 0 Å². The fourth-order valence-corrected chi connectivity index (χ4v) is 2.61. The van der Waals surface area contributed by atoms with Gasteiger partial charge in [0.1, 0.15) is 5.75 Å². The summed E-state index contributed by atoms with van der Waals surface area (Å²) in [7, 11) is 1.99. The van der Waals surface area contributed by atoms with E-state index in [1.54, 1.807) is 24.5 Å². The predicted molar refractivity (Wildman–Crippen MR) is 112 cm³/mol. The van der Waals surface area contributed by atoms with Crippen LogP contribution in [-0.2, 0) is 6.54 Å². The van der Waals surface area contributed by atoms with E-state index in [9.17, 15) is 4.79 Å². The molecule has 2 rings (SSSR count). The lowest BCUT2D eigenvalue weighted by atomic mass is 10.2. The fraction of sp³-hybridized carbons (Fsp3) is 0.381. The Morgan fingerprint density at radius 1 is 1.18 bits per heavy atom. The molecule has 0 bridgehead atoms. The fourth-order valence-electron chi connectivity index (χ4n) is 2.61. The molecule has 0 spiro atoms. The standard InChI is InChI=1S/C21H29N5O2/c1-4-23-21(25-14-13-24-20(27)18-7-6-12-22-15-18)26(3)16-17-8-10-19(11-9-17)28-5-2/h6-12,15H,4-5,13-14,16H2,1-3H3,(H,23,25)(H,24,27). The number of rotatable bonds is 9. The smallest absolute Gasteiger partial charge is 0.252 e. The second-order valence-corrected chi connectivity index (χ2v) is 6.17. The van der Waals surface area contributed by atoms with Gasteiger partial charge in [0.05, 0.1) is 18.7 Å². The number of nitrogens with zero attached hydrogens (tertiary/aromatic N) is 3. The maximum Gasteiger partial charge on any atom is 0.252 e. The number of hydrogen-bond acceptors (Lipinski definition) is 4. The highest BCUT2D eigenvalue weighted by atomic mass is 16.5. The normalized spacial score (nSPS) is 11.0. The zero-order valence-electron chi connectivity index (χ0n) is 16.8. The summed E-state index contributed by atoms with van der Waals surface area (Å²) in [5.74, 6) is 1.53. The molecule has 7 nitrogen and oxygen atoms in total. The quantitative estimate of drug-likeness (QED) is 0.395. The Balaban J connectivity index is 1.86. The van der Waals surface area contributed by atoms with Crippen LogP contribution < -0.4 is 15.4 Å². The van der Waals surface area contributed by atoms with Crippen LogP contribution in [0.3, 0.4) is 0 Å². The topological polar surface area (TPSA) is 78.8 Å². The molecule has 0 atom stereocenters. The summed E-state index contributed by atoms with van der Waals surface area (Å²) < 4.78 is 5.48. The van der Waals surface area contributed by atoms with Crippen LogP contribution in [0.1, 0.15) is 29.8 Å². The van der Waals surface area contributed by atoms with Crippen molar-refractivity contribution in [3.05, 3.63) is 59.9 Å². The molecular weight excluding hydrogens is 354 g/mol. The monoisotopic (exact) mass is 383 g/mol. The highest BCUT2D eigenvalue weighted by Crippen LogP contribution is 2.13. The van der Waals surface area contributed by atoms with Gasteiger partial charge in [0.15, 0.2) is 5.96 Å². The maximum atomic E-state index is 12.0. The van der Waals surface area contributed by atoms with E-state index in [1.807, 2.05) is 33.0 Å². The van der Waals surface area contributed by atoms with Crippen LogP contribution in [0.25, 0.3) is 0 Å². The summed E-state index contributed by atoms with van der Waals surface area (Å²) in [6, 6.07) is 11.5. The molecule has 1 amide bonds. The van der Waals surface area contributed by atoms with Crippen molar-refractivity contribution in [3.63, 3.8) is 0 Å². The molecule has 7 heteroatoms. The summed E-state index contributed by atoms with van der Waals surface area (Å²) in [6.45, 7) is 7.11. The summed E-state index contributed by atoms with van der Waals surface area (Å²) >= 11 is 0. The van der Waals surface area contributed by atoms with Gasteiger partial charge in [0.2, 0.25) is 0 Å². The number of carbonyl (C=O) groups is 1. The van der Waals surface area contributed by atoms with Gasteiger partial charge in [-0.1, -0.05) is 12.1 Å². The first-order valence-corrected chi connectivity index (χ1v) is 9.53. The minimum Gasteiger partial charge on any atom is -0.494 e.